The Balaban J connectivity index is 1.33. The van der Waals surface area contributed by atoms with E-state index in [-0.39, 0.29) is 0 Å². The van der Waals surface area contributed by atoms with E-state index in [1.54, 1.807) is 0 Å². The number of benzene rings is 7. The van der Waals surface area contributed by atoms with Crippen molar-refractivity contribution in [2.45, 2.75) is 0 Å². The van der Waals surface area contributed by atoms with E-state index < -0.39 is 0 Å². The molecule has 2 heterocycles. The lowest BCUT2D eigenvalue weighted by Crippen LogP contribution is -2.11. The molecule has 7 aromatic carbocycles. The molecule has 0 saturated carbocycles. The molecule has 0 aliphatic heterocycles. The Morgan fingerprint density at radius 2 is 1.02 bits per heavy atom. The van der Waals surface area contributed by atoms with E-state index >= 15 is 0 Å². The van der Waals surface area contributed by atoms with Crippen LogP contribution in [0.15, 0.2) is 170 Å². The fourth-order valence-corrected chi connectivity index (χ4v) is 7.85. The first kappa shape index (κ1) is 25.8. The highest BCUT2D eigenvalue weighted by Gasteiger charge is 2.20. The highest BCUT2D eigenvalue weighted by atomic mass is 32.1. The van der Waals surface area contributed by atoms with Gasteiger partial charge in [-0.15, -0.1) is 11.3 Å². The normalized spacial score (nSPS) is 11.6. The predicted octanol–water partition coefficient (Wildman–Crippen LogP) is 12.3. The van der Waals surface area contributed by atoms with Gasteiger partial charge in [0.05, 0.1) is 16.7 Å². The lowest BCUT2D eigenvalue weighted by Gasteiger charge is -2.28. The third-order valence-electron chi connectivity index (χ3n) is 8.78. The molecular formula is C42H28N2S. The Morgan fingerprint density at radius 1 is 0.422 bits per heavy atom. The van der Waals surface area contributed by atoms with Crippen molar-refractivity contribution in [1.82, 2.24) is 4.57 Å². The molecule has 0 aliphatic rings. The second-order valence-corrected chi connectivity index (χ2v) is 12.5. The fourth-order valence-electron chi connectivity index (χ4n) is 6.77. The van der Waals surface area contributed by atoms with Crippen LogP contribution < -0.4 is 4.90 Å². The third-order valence-corrected chi connectivity index (χ3v) is 9.93. The lowest BCUT2D eigenvalue weighted by atomic mass is 10.0. The molecule has 212 valence electrons. The largest absolute Gasteiger partial charge is 0.310 e. The van der Waals surface area contributed by atoms with Gasteiger partial charge in [-0.1, -0.05) is 103 Å². The van der Waals surface area contributed by atoms with Gasteiger partial charge < -0.3 is 9.47 Å². The van der Waals surface area contributed by atoms with Crippen molar-refractivity contribution in [3.63, 3.8) is 0 Å². The number of anilines is 3. The summed E-state index contributed by atoms with van der Waals surface area (Å²) in [6.45, 7) is 0. The van der Waals surface area contributed by atoms with Gasteiger partial charge >= 0.3 is 0 Å². The molecule has 2 aromatic heterocycles. The molecule has 0 amide bonds. The number of hydrogen-bond donors (Lipinski definition) is 0. The fraction of sp³-hybridized carbons (Fsp3) is 0. The van der Waals surface area contributed by atoms with E-state index in [9.17, 15) is 0 Å². The van der Waals surface area contributed by atoms with Crippen LogP contribution in [0.1, 0.15) is 0 Å². The van der Waals surface area contributed by atoms with Gasteiger partial charge in [-0.05, 0) is 72.3 Å². The van der Waals surface area contributed by atoms with E-state index in [0.29, 0.717) is 0 Å². The average molecular weight is 593 g/mol. The third kappa shape index (κ3) is 4.24. The van der Waals surface area contributed by atoms with E-state index in [4.69, 9.17) is 0 Å². The van der Waals surface area contributed by atoms with Crippen molar-refractivity contribution >= 4 is 70.4 Å². The standard InChI is InChI=1S/C42H28N2S/c1-3-13-29(14-4-1)33-17-7-10-20-38(33)43(32-24-26-42-37(28-32)35-19-9-12-22-41(35)45-42)31-23-25-40-36(27-31)34-18-8-11-21-39(34)44(40)30-15-5-2-6-16-30/h1-28H. The number of hydrogen-bond acceptors (Lipinski definition) is 2. The summed E-state index contributed by atoms with van der Waals surface area (Å²) in [4.78, 5) is 2.43. The number of para-hydroxylation sites is 3. The van der Waals surface area contributed by atoms with E-state index in [1.807, 2.05) is 11.3 Å². The topological polar surface area (TPSA) is 8.17 Å². The van der Waals surface area contributed by atoms with E-state index in [2.05, 4.69) is 179 Å². The summed E-state index contributed by atoms with van der Waals surface area (Å²) >= 11 is 1.86. The van der Waals surface area contributed by atoms with Crippen molar-refractivity contribution in [1.29, 1.82) is 0 Å². The maximum atomic E-state index is 2.43. The van der Waals surface area contributed by atoms with Gasteiger partial charge in [-0.3, -0.25) is 0 Å². The van der Waals surface area contributed by atoms with Crippen molar-refractivity contribution in [3.05, 3.63) is 170 Å². The molecule has 45 heavy (non-hydrogen) atoms. The first-order chi connectivity index (χ1) is 22.3. The maximum absolute atomic E-state index is 2.43. The van der Waals surface area contributed by atoms with Crippen LogP contribution >= 0.6 is 11.3 Å². The molecule has 9 aromatic rings. The Kier molecular flexibility index (Phi) is 6.03. The highest BCUT2D eigenvalue weighted by Crippen LogP contribution is 2.45. The van der Waals surface area contributed by atoms with Crippen molar-refractivity contribution in [3.8, 4) is 16.8 Å². The number of nitrogens with zero attached hydrogens (tertiary/aromatic N) is 2. The minimum Gasteiger partial charge on any atom is -0.310 e. The van der Waals surface area contributed by atoms with Crippen LogP contribution in [0.3, 0.4) is 0 Å². The van der Waals surface area contributed by atoms with Gasteiger partial charge in [0.2, 0.25) is 0 Å². The number of fused-ring (bicyclic) bond motifs is 6. The van der Waals surface area contributed by atoms with Crippen LogP contribution in [0.2, 0.25) is 0 Å². The van der Waals surface area contributed by atoms with Crippen LogP contribution in [0, 0.1) is 0 Å². The molecule has 0 saturated heterocycles. The van der Waals surface area contributed by atoms with E-state index in [1.165, 1.54) is 53.1 Å². The van der Waals surface area contributed by atoms with Crippen molar-refractivity contribution in [2.75, 3.05) is 4.90 Å². The van der Waals surface area contributed by atoms with Gasteiger partial charge in [-0.2, -0.15) is 0 Å². The van der Waals surface area contributed by atoms with Crippen LogP contribution in [0.5, 0.6) is 0 Å². The average Bonchev–Trinajstić information content (AvgIpc) is 3.65. The smallest absolute Gasteiger partial charge is 0.0542 e. The zero-order valence-electron chi connectivity index (χ0n) is 24.5. The van der Waals surface area contributed by atoms with Crippen LogP contribution in [0.25, 0.3) is 58.8 Å². The van der Waals surface area contributed by atoms with Gasteiger partial charge in [0, 0.05) is 53.6 Å². The molecule has 0 N–H and O–H groups in total. The number of thiophene rings is 1. The first-order valence-electron chi connectivity index (χ1n) is 15.3. The summed E-state index contributed by atoms with van der Waals surface area (Å²) in [5.41, 5.74) is 9.37. The maximum Gasteiger partial charge on any atom is 0.0542 e. The molecule has 0 bridgehead atoms. The molecule has 0 unspecified atom stereocenters. The molecular weight excluding hydrogens is 565 g/mol. The Bertz CT molecular complexity index is 2490. The quantitative estimate of drug-likeness (QED) is 0.193. The predicted molar refractivity (Wildman–Crippen MR) is 194 cm³/mol. The molecule has 0 fully saturated rings. The second-order valence-electron chi connectivity index (χ2n) is 11.4. The molecule has 0 atom stereocenters. The Morgan fingerprint density at radius 3 is 1.87 bits per heavy atom. The molecule has 2 nitrogen and oxygen atoms in total. The minimum atomic E-state index is 1.13. The minimum absolute atomic E-state index is 1.13. The summed E-state index contributed by atoms with van der Waals surface area (Å²) < 4.78 is 4.99. The molecule has 3 heteroatoms. The monoisotopic (exact) mass is 592 g/mol. The summed E-state index contributed by atoms with van der Waals surface area (Å²) in [5, 5.41) is 5.07. The molecule has 0 spiro atoms. The van der Waals surface area contributed by atoms with Gasteiger partial charge in [0.15, 0.2) is 0 Å². The lowest BCUT2D eigenvalue weighted by molar-refractivity contribution is 1.18. The first-order valence-corrected chi connectivity index (χ1v) is 16.1. The molecule has 9 rings (SSSR count). The summed E-state index contributed by atoms with van der Waals surface area (Å²) in [7, 11) is 0. The zero-order chi connectivity index (χ0) is 29.7. The van der Waals surface area contributed by atoms with Crippen LogP contribution in [-0.4, -0.2) is 4.57 Å². The Hall–Kier alpha value is -5.64. The zero-order valence-corrected chi connectivity index (χ0v) is 25.3. The SMILES string of the molecule is c1ccc(-c2ccccc2N(c2ccc3sc4ccccc4c3c2)c2ccc3c(c2)c2ccccc2n3-c2ccccc2)cc1. The van der Waals surface area contributed by atoms with Gasteiger partial charge in [-0.25, -0.2) is 0 Å². The highest BCUT2D eigenvalue weighted by molar-refractivity contribution is 7.25. The molecule has 0 radical (unpaired) electrons. The summed E-state index contributed by atoms with van der Waals surface area (Å²) in [5.74, 6) is 0. The van der Waals surface area contributed by atoms with Gasteiger partial charge in [0.1, 0.15) is 0 Å². The van der Waals surface area contributed by atoms with Crippen LogP contribution in [0.4, 0.5) is 17.1 Å². The Labute approximate surface area is 265 Å². The summed E-state index contributed by atoms with van der Waals surface area (Å²) in [6.07, 6.45) is 0. The van der Waals surface area contributed by atoms with Crippen molar-refractivity contribution < 1.29 is 0 Å². The number of aromatic nitrogens is 1. The second kappa shape index (κ2) is 10.5. The van der Waals surface area contributed by atoms with Crippen LogP contribution in [-0.2, 0) is 0 Å². The van der Waals surface area contributed by atoms with Gasteiger partial charge in [0.25, 0.3) is 0 Å². The summed E-state index contributed by atoms with van der Waals surface area (Å²) in [6, 6.07) is 61.4. The number of rotatable bonds is 5. The molecule has 0 aliphatic carbocycles. The van der Waals surface area contributed by atoms with E-state index in [0.717, 1.165) is 22.7 Å². The van der Waals surface area contributed by atoms with Crippen molar-refractivity contribution in [2.24, 2.45) is 0 Å².